The normalized spacial score (nSPS) is 17.4. The van der Waals surface area contributed by atoms with Gasteiger partial charge in [-0.3, -0.25) is 9.59 Å². The van der Waals surface area contributed by atoms with Gasteiger partial charge in [-0.15, -0.1) is 0 Å². The van der Waals surface area contributed by atoms with Crippen LogP contribution in [0.1, 0.15) is 48.1 Å². The lowest BCUT2D eigenvalue weighted by atomic mass is 9.90. The van der Waals surface area contributed by atoms with Gasteiger partial charge in [-0.1, -0.05) is 42.5 Å². The van der Waals surface area contributed by atoms with Gasteiger partial charge in [0.05, 0.1) is 38.1 Å². The molecular formula is C33H39N5O5S. The smallest absolute Gasteiger partial charge is 0.359 e. The fourth-order valence-electron chi connectivity index (χ4n) is 5.33. The van der Waals surface area contributed by atoms with Crippen LogP contribution in [0.3, 0.4) is 0 Å². The number of nitrogens with zero attached hydrogens (tertiary/aromatic N) is 3. The molecule has 1 fully saturated rings. The number of hydrogen-bond donors (Lipinski definition) is 2. The van der Waals surface area contributed by atoms with Gasteiger partial charge in [0.1, 0.15) is 5.54 Å². The number of hydrogen-bond acceptors (Lipinski definition) is 9. The highest BCUT2D eigenvalue weighted by Gasteiger charge is 2.48. The molecule has 2 N–H and O–H groups in total. The standard InChI is InChI=1S/C33H39N5O5S/c1-42-31(41)33(16-18-44-2,37-30(40)14-13-25-7-4-3-5-8-25)43-23-32(15-6-17-36-32)29(39)19-28-21-35-24-38(28)22-27-11-9-26(20-34)10-12-27/h3-5,7-12,21,24,36H,6,13-19,22-23H2,1-2H3,(H,37,40)/t32-,33+/m0/s1. The monoisotopic (exact) mass is 617 g/mol. The number of Topliss-reactive ketones (excluding diaryl/α,β-unsaturated/α-hetero) is 1. The number of rotatable bonds is 16. The number of carbonyl (C=O) groups excluding carboxylic acids is 3. The summed E-state index contributed by atoms with van der Waals surface area (Å²) in [6, 6.07) is 19.0. The quantitative estimate of drug-likeness (QED) is 0.183. The number of imidazole rings is 1. The molecule has 232 valence electrons. The van der Waals surface area contributed by atoms with E-state index in [1.54, 1.807) is 24.7 Å². The molecule has 10 nitrogen and oxygen atoms in total. The molecule has 0 aliphatic carbocycles. The molecule has 3 aromatic rings. The number of benzene rings is 2. The minimum absolute atomic E-state index is 0.0874. The first-order valence-electron chi connectivity index (χ1n) is 14.7. The van der Waals surface area contributed by atoms with Gasteiger partial charge in [0, 0.05) is 31.3 Å². The first kappa shape index (κ1) is 32.9. The Labute approximate surface area is 262 Å². The molecule has 1 saturated heterocycles. The average molecular weight is 618 g/mol. The molecule has 0 spiro atoms. The van der Waals surface area contributed by atoms with Crippen molar-refractivity contribution in [3.63, 3.8) is 0 Å². The molecule has 44 heavy (non-hydrogen) atoms. The van der Waals surface area contributed by atoms with Crippen molar-refractivity contribution in [3.8, 4) is 6.07 Å². The Morgan fingerprint density at radius 2 is 1.93 bits per heavy atom. The average Bonchev–Trinajstić information content (AvgIpc) is 3.72. The van der Waals surface area contributed by atoms with Crippen molar-refractivity contribution < 1.29 is 23.9 Å². The Hall–Kier alpha value is -3.98. The lowest BCUT2D eigenvalue weighted by molar-refractivity contribution is -0.182. The minimum Gasteiger partial charge on any atom is -0.465 e. The molecule has 4 rings (SSSR count). The lowest BCUT2D eigenvalue weighted by Gasteiger charge is -2.36. The van der Waals surface area contributed by atoms with Gasteiger partial charge < -0.3 is 24.7 Å². The van der Waals surface area contributed by atoms with Crippen LogP contribution in [0.15, 0.2) is 67.1 Å². The number of nitriles is 1. The van der Waals surface area contributed by atoms with Crippen molar-refractivity contribution in [2.45, 2.75) is 56.3 Å². The number of ether oxygens (including phenoxy) is 2. The van der Waals surface area contributed by atoms with Crippen LogP contribution in [-0.2, 0) is 43.2 Å². The van der Waals surface area contributed by atoms with E-state index in [-0.39, 0.29) is 37.6 Å². The third-order valence-corrected chi connectivity index (χ3v) is 8.53. The number of nitrogens with one attached hydrogen (secondary N) is 2. The van der Waals surface area contributed by atoms with E-state index in [0.717, 1.165) is 23.2 Å². The zero-order valence-electron chi connectivity index (χ0n) is 25.2. The largest absolute Gasteiger partial charge is 0.465 e. The third-order valence-electron chi connectivity index (χ3n) is 7.92. The van der Waals surface area contributed by atoms with Gasteiger partial charge in [0.15, 0.2) is 5.78 Å². The number of aromatic nitrogens is 2. The van der Waals surface area contributed by atoms with Gasteiger partial charge >= 0.3 is 5.97 Å². The second-order valence-corrected chi connectivity index (χ2v) is 11.9. The van der Waals surface area contributed by atoms with E-state index in [2.05, 4.69) is 21.7 Å². The van der Waals surface area contributed by atoms with Gasteiger partial charge in [-0.2, -0.15) is 17.0 Å². The number of methoxy groups -OCH3 is 1. The minimum atomic E-state index is -1.74. The maximum Gasteiger partial charge on any atom is 0.359 e. The Bertz CT molecular complexity index is 1450. The van der Waals surface area contributed by atoms with Crippen molar-refractivity contribution in [2.75, 3.05) is 32.3 Å². The van der Waals surface area contributed by atoms with Gasteiger partial charge in [0.2, 0.25) is 11.6 Å². The van der Waals surface area contributed by atoms with Crippen LogP contribution in [0.4, 0.5) is 0 Å². The highest BCUT2D eigenvalue weighted by molar-refractivity contribution is 7.98. The van der Waals surface area contributed by atoms with E-state index in [0.29, 0.717) is 37.2 Å². The zero-order chi connectivity index (χ0) is 31.4. The SMILES string of the molecule is COC(=O)[C@](CCSC)(NC(=O)CCc1ccccc1)OC[C@]1(C(=O)Cc2cncn2Cc2ccc(C#N)cc2)CCCN1. The summed E-state index contributed by atoms with van der Waals surface area (Å²) in [4.78, 5) is 44.6. The van der Waals surface area contributed by atoms with E-state index >= 15 is 0 Å². The van der Waals surface area contributed by atoms with Gasteiger partial charge in [-0.25, -0.2) is 9.78 Å². The molecular weight excluding hydrogens is 578 g/mol. The molecule has 1 amide bonds. The Kier molecular flexibility index (Phi) is 11.7. The number of carbonyl (C=O) groups is 3. The number of amides is 1. The lowest BCUT2D eigenvalue weighted by Crippen LogP contribution is -2.61. The number of esters is 1. The van der Waals surface area contributed by atoms with E-state index in [4.69, 9.17) is 14.7 Å². The van der Waals surface area contributed by atoms with Crippen LogP contribution in [-0.4, -0.2) is 70.7 Å². The maximum absolute atomic E-state index is 13.9. The molecule has 2 heterocycles. The molecule has 0 radical (unpaired) electrons. The summed E-state index contributed by atoms with van der Waals surface area (Å²) in [5.41, 5.74) is 0.527. The molecule has 11 heteroatoms. The summed E-state index contributed by atoms with van der Waals surface area (Å²) in [7, 11) is 1.26. The van der Waals surface area contributed by atoms with Crippen LogP contribution in [0.5, 0.6) is 0 Å². The molecule has 0 unspecified atom stereocenters. The van der Waals surface area contributed by atoms with Gasteiger partial charge in [0.25, 0.3) is 0 Å². The predicted octanol–water partition coefficient (Wildman–Crippen LogP) is 3.42. The van der Waals surface area contributed by atoms with Crippen molar-refractivity contribution in [2.24, 2.45) is 0 Å². The van der Waals surface area contributed by atoms with Crippen LogP contribution >= 0.6 is 11.8 Å². The van der Waals surface area contributed by atoms with E-state index in [1.807, 2.05) is 53.3 Å². The number of thioether (sulfide) groups is 1. The summed E-state index contributed by atoms with van der Waals surface area (Å²) in [5.74, 6) is -0.611. The second kappa shape index (κ2) is 15.7. The zero-order valence-corrected chi connectivity index (χ0v) is 26.0. The van der Waals surface area contributed by atoms with Gasteiger partial charge in [-0.05, 0) is 61.1 Å². The van der Waals surface area contributed by atoms with Crippen molar-refractivity contribution in [1.82, 2.24) is 20.2 Å². The molecule has 0 bridgehead atoms. The van der Waals surface area contributed by atoms with E-state index < -0.39 is 17.2 Å². The van der Waals surface area contributed by atoms with Crippen LogP contribution in [0.2, 0.25) is 0 Å². The topological polar surface area (TPSA) is 135 Å². The van der Waals surface area contributed by atoms with Crippen LogP contribution < -0.4 is 10.6 Å². The maximum atomic E-state index is 13.9. The highest BCUT2D eigenvalue weighted by atomic mass is 32.2. The summed E-state index contributed by atoms with van der Waals surface area (Å²) in [5, 5.41) is 15.3. The highest BCUT2D eigenvalue weighted by Crippen LogP contribution is 2.27. The molecule has 0 saturated carbocycles. The van der Waals surface area contributed by atoms with Crippen molar-refractivity contribution >= 4 is 29.4 Å². The van der Waals surface area contributed by atoms with Crippen molar-refractivity contribution in [1.29, 1.82) is 5.26 Å². The molecule has 2 atom stereocenters. The summed E-state index contributed by atoms with van der Waals surface area (Å²) in [6.07, 6.45) is 7.51. The number of ketones is 1. The van der Waals surface area contributed by atoms with Crippen LogP contribution in [0.25, 0.3) is 0 Å². The summed E-state index contributed by atoms with van der Waals surface area (Å²) < 4.78 is 13.4. The summed E-state index contributed by atoms with van der Waals surface area (Å²) >= 11 is 1.52. The second-order valence-electron chi connectivity index (χ2n) is 10.9. The predicted molar refractivity (Wildman–Crippen MR) is 168 cm³/mol. The number of aryl methyl sites for hydroxylation is 1. The first-order valence-corrected chi connectivity index (χ1v) is 16.0. The van der Waals surface area contributed by atoms with Crippen molar-refractivity contribution in [3.05, 3.63) is 89.5 Å². The fourth-order valence-corrected chi connectivity index (χ4v) is 5.82. The third kappa shape index (κ3) is 8.34. The van der Waals surface area contributed by atoms with E-state index in [1.165, 1.54) is 18.9 Å². The Balaban J connectivity index is 1.49. The molecule has 1 aliphatic rings. The fraction of sp³-hybridized carbons (Fsp3) is 0.424. The Morgan fingerprint density at radius 3 is 2.59 bits per heavy atom. The van der Waals surface area contributed by atoms with Crippen LogP contribution in [0, 0.1) is 11.3 Å². The van der Waals surface area contributed by atoms with E-state index in [9.17, 15) is 14.4 Å². The first-order chi connectivity index (χ1) is 21.3. The summed E-state index contributed by atoms with van der Waals surface area (Å²) in [6.45, 7) is 1.01. The molecule has 2 aromatic carbocycles. The Morgan fingerprint density at radius 1 is 1.16 bits per heavy atom. The molecule has 1 aromatic heterocycles. The molecule has 1 aliphatic heterocycles.